The van der Waals surface area contributed by atoms with E-state index in [0.29, 0.717) is 0 Å². The lowest BCUT2D eigenvalue weighted by Gasteiger charge is -2.27. The predicted molar refractivity (Wildman–Crippen MR) is 244 cm³/mol. The normalized spacial score (nSPS) is 13.8. The Labute approximate surface area is 385 Å². The van der Waals surface area contributed by atoms with E-state index in [1.54, 1.807) is 24.3 Å². The number of rotatable bonds is 29. The summed E-state index contributed by atoms with van der Waals surface area (Å²) >= 11 is 0. The molecule has 22 nitrogen and oxygen atoms in total. The number of aryl methyl sites for hydroxylation is 1. The summed E-state index contributed by atoms with van der Waals surface area (Å²) in [5.74, 6) is -7.43. The molecule has 23 heteroatoms. The van der Waals surface area contributed by atoms with Gasteiger partial charge in [-0.05, 0) is 60.4 Å². The summed E-state index contributed by atoms with van der Waals surface area (Å²) in [6.45, 7) is 10.5. The van der Waals surface area contributed by atoms with Gasteiger partial charge >= 0.3 is 7.12 Å². The van der Waals surface area contributed by atoms with Crippen LogP contribution < -0.4 is 54.4 Å². The summed E-state index contributed by atoms with van der Waals surface area (Å²) in [4.78, 5) is 103. The molecule has 15 N–H and O–H groups in total. The Morgan fingerprint density at radius 2 is 1.23 bits per heavy atom. The molecular weight excluding hydrogens is 859 g/mol. The molecule has 6 atom stereocenters. The third-order valence-corrected chi connectivity index (χ3v) is 9.45. The van der Waals surface area contributed by atoms with Crippen molar-refractivity contribution in [3.63, 3.8) is 0 Å². The van der Waals surface area contributed by atoms with Crippen LogP contribution in [0.15, 0.2) is 48.5 Å². The van der Waals surface area contributed by atoms with Crippen LogP contribution in [0.5, 0.6) is 0 Å². The quantitative estimate of drug-likeness (QED) is 0.0295. The number of hydrogen-bond acceptors (Lipinski definition) is 14. The number of nitrogens with one attached hydrogen (secondary N) is 7. The predicted octanol–water partition coefficient (Wildman–Crippen LogP) is -2.58. The minimum Gasteiger partial charge on any atom is -0.426 e. The van der Waals surface area contributed by atoms with E-state index >= 15 is 0 Å². The van der Waals surface area contributed by atoms with Crippen LogP contribution in [0.2, 0.25) is 0 Å². The summed E-state index contributed by atoms with van der Waals surface area (Å²) < 4.78 is 11.4. The van der Waals surface area contributed by atoms with Gasteiger partial charge in [-0.15, -0.1) is 0 Å². The Hall–Kier alpha value is -5.98. The fourth-order valence-electron chi connectivity index (χ4n) is 5.86. The van der Waals surface area contributed by atoms with Gasteiger partial charge in [0.05, 0.1) is 32.1 Å². The van der Waals surface area contributed by atoms with E-state index in [1.165, 1.54) is 12.5 Å². The van der Waals surface area contributed by atoms with Crippen molar-refractivity contribution in [2.45, 2.75) is 104 Å². The zero-order valence-electron chi connectivity index (χ0n) is 38.4. The fraction of sp³-hybridized carbons (Fsp3) is 0.535. The average Bonchev–Trinajstić information content (AvgIpc) is 3.26. The largest absolute Gasteiger partial charge is 0.472 e. The van der Waals surface area contributed by atoms with E-state index < -0.39 is 110 Å². The zero-order chi connectivity index (χ0) is 49.5. The van der Waals surface area contributed by atoms with Crippen molar-refractivity contribution in [3.8, 4) is 11.1 Å². The first-order valence-electron chi connectivity index (χ1n) is 21.7. The van der Waals surface area contributed by atoms with Crippen LogP contribution in [-0.4, -0.2) is 134 Å². The standard InChI is InChI=1S/C43H67BN10O12/c1-7-8-9-27-10-12-28(13-11-27)29-14-16-30(17-15-29)38(57)51-32(22-65-20-24(2)3)40(59)53-36(46)42(61)48-19-34(56)52-35(26(6)66-21-25(4)5)41(60)54-37(47)43(62)50-31(18-33(45)55)39(58)49-23-44(63)64/h10-17,24-26,31-32,35-37,63-64H,7-9,18-23,46-47H2,1-6H3,(H2,45,55)(H,48,61)(H,49,58)(H,50,62)(H,51,57)(H,52,56)(H,53,59)(H,54,60)/t26?,31-,32+,35-,36-,37+/m0/s1. The van der Waals surface area contributed by atoms with Gasteiger partial charge in [-0.25, -0.2) is 0 Å². The van der Waals surface area contributed by atoms with Crippen molar-refractivity contribution in [3.05, 3.63) is 59.7 Å². The van der Waals surface area contributed by atoms with Crippen molar-refractivity contribution in [1.82, 2.24) is 37.2 Å². The van der Waals surface area contributed by atoms with Crippen LogP contribution in [0.4, 0.5) is 0 Å². The van der Waals surface area contributed by atoms with E-state index in [-0.39, 0.29) is 37.2 Å². The van der Waals surface area contributed by atoms with Crippen LogP contribution in [0.1, 0.15) is 76.7 Å². The summed E-state index contributed by atoms with van der Waals surface area (Å²) in [6, 6.07) is 10.7. The Morgan fingerprint density at radius 1 is 0.652 bits per heavy atom. The molecule has 364 valence electrons. The van der Waals surface area contributed by atoms with Crippen molar-refractivity contribution >= 4 is 54.4 Å². The lowest BCUT2D eigenvalue weighted by atomic mass is 9.92. The molecule has 2 aromatic carbocycles. The number of benzene rings is 2. The number of hydrogen-bond donors (Lipinski definition) is 12. The van der Waals surface area contributed by atoms with Gasteiger partial charge in [0.2, 0.25) is 29.5 Å². The smallest absolute Gasteiger partial charge is 0.426 e. The first-order chi connectivity index (χ1) is 31.1. The zero-order valence-corrected chi connectivity index (χ0v) is 38.4. The summed E-state index contributed by atoms with van der Waals surface area (Å²) in [5.41, 5.74) is 20.4. The van der Waals surface area contributed by atoms with E-state index in [4.69, 9.17) is 36.7 Å². The highest BCUT2D eigenvalue weighted by atomic mass is 16.5. The van der Waals surface area contributed by atoms with Crippen molar-refractivity contribution in [2.75, 3.05) is 32.8 Å². The molecule has 0 saturated carbocycles. The Bertz CT molecular complexity index is 1920. The molecule has 0 saturated heterocycles. The molecule has 0 spiro atoms. The second-order valence-electron chi connectivity index (χ2n) is 16.5. The number of amides is 8. The van der Waals surface area contributed by atoms with Crippen LogP contribution >= 0.6 is 0 Å². The van der Waals surface area contributed by atoms with Crippen LogP contribution in [0.3, 0.4) is 0 Å². The molecule has 8 amide bonds. The van der Waals surface area contributed by atoms with Gasteiger partial charge in [-0.1, -0.05) is 77.4 Å². The molecule has 66 heavy (non-hydrogen) atoms. The highest BCUT2D eigenvalue weighted by Gasteiger charge is 2.33. The number of nitrogens with two attached hydrogens (primary N) is 3. The van der Waals surface area contributed by atoms with Crippen LogP contribution in [-0.2, 0) is 49.5 Å². The molecule has 0 heterocycles. The SMILES string of the molecule is CCCCc1ccc(-c2ccc(C(=O)N[C@H](COCC(C)C)C(=O)N[C@H](N)C(=O)NCC(=O)N[C@H](C(=O)N[C@@H](N)C(=O)N[C@@H](CC(N)=O)C(=O)NCB(O)O)C(C)OCC(C)C)cc2)cc1. The number of unbranched alkanes of at least 4 members (excludes halogenated alkanes) is 1. The third-order valence-electron chi connectivity index (χ3n) is 9.45. The minimum absolute atomic E-state index is 0.00114. The lowest BCUT2D eigenvalue weighted by molar-refractivity contribution is -0.137. The Kier molecular flexibility index (Phi) is 24.5. The summed E-state index contributed by atoms with van der Waals surface area (Å²) in [7, 11) is -1.93. The lowest BCUT2D eigenvalue weighted by Crippen LogP contribution is -2.62. The number of primary amides is 1. The van der Waals surface area contributed by atoms with Gasteiger partial charge in [0, 0.05) is 18.8 Å². The number of carbonyl (C=O) groups excluding carboxylic acids is 8. The first kappa shape index (κ1) is 56.2. The van der Waals surface area contributed by atoms with Gasteiger partial charge in [-0.3, -0.25) is 38.4 Å². The van der Waals surface area contributed by atoms with E-state index in [2.05, 4.69) is 56.3 Å². The van der Waals surface area contributed by atoms with Crippen LogP contribution in [0.25, 0.3) is 11.1 Å². The minimum atomic E-state index is -1.93. The van der Waals surface area contributed by atoms with Crippen molar-refractivity contribution in [2.24, 2.45) is 29.0 Å². The van der Waals surface area contributed by atoms with E-state index in [9.17, 15) is 38.4 Å². The monoisotopic (exact) mass is 927 g/mol. The Morgan fingerprint density at radius 3 is 1.79 bits per heavy atom. The molecule has 0 aromatic heterocycles. The van der Waals surface area contributed by atoms with Crippen LogP contribution in [0, 0.1) is 11.8 Å². The molecule has 1 unspecified atom stereocenters. The molecule has 0 bridgehead atoms. The highest BCUT2D eigenvalue weighted by Crippen LogP contribution is 2.21. The van der Waals surface area contributed by atoms with Gasteiger partial charge in [0.25, 0.3) is 17.7 Å². The molecule has 0 fully saturated rings. The summed E-state index contributed by atoms with van der Waals surface area (Å²) in [5, 5.41) is 34.1. The fourth-order valence-corrected chi connectivity index (χ4v) is 5.86. The maximum atomic E-state index is 13.4. The van der Waals surface area contributed by atoms with Gasteiger partial charge in [-0.2, -0.15) is 0 Å². The molecule has 0 aliphatic heterocycles. The molecule has 2 aromatic rings. The third kappa shape index (κ3) is 20.9. The highest BCUT2D eigenvalue weighted by molar-refractivity contribution is 6.41. The van der Waals surface area contributed by atoms with Gasteiger partial charge in [0.15, 0.2) is 12.3 Å². The van der Waals surface area contributed by atoms with Gasteiger partial charge < -0.3 is 73.9 Å². The number of carbonyl (C=O) groups is 8. The summed E-state index contributed by atoms with van der Waals surface area (Å²) in [6.07, 6.45) is -2.72. The second-order valence-corrected chi connectivity index (χ2v) is 16.5. The molecular formula is C43H67BN10O12. The van der Waals surface area contributed by atoms with Crippen molar-refractivity contribution < 1.29 is 57.9 Å². The van der Waals surface area contributed by atoms with Gasteiger partial charge in [0.1, 0.15) is 18.1 Å². The van der Waals surface area contributed by atoms with E-state index in [0.717, 1.165) is 30.4 Å². The maximum Gasteiger partial charge on any atom is 0.472 e. The second kappa shape index (κ2) is 28.8. The molecule has 0 radical (unpaired) electrons. The molecule has 2 rings (SSSR count). The first-order valence-corrected chi connectivity index (χ1v) is 21.7. The molecule has 0 aliphatic rings. The Balaban J connectivity index is 2.08. The van der Waals surface area contributed by atoms with Crippen molar-refractivity contribution in [1.29, 1.82) is 0 Å². The molecule has 0 aliphatic carbocycles. The topological polar surface area (TPSA) is 358 Å². The number of ether oxygens (including phenoxy) is 2. The maximum absolute atomic E-state index is 13.4. The average molecular weight is 927 g/mol. The van der Waals surface area contributed by atoms with E-state index in [1.807, 2.05) is 39.8 Å².